The molecule has 3 nitrogen and oxygen atoms in total. The van der Waals surface area contributed by atoms with Crippen molar-refractivity contribution in [2.75, 3.05) is 7.05 Å². The maximum absolute atomic E-state index is 4.65. The van der Waals surface area contributed by atoms with Gasteiger partial charge in [0.15, 0.2) is 0 Å². The maximum Gasteiger partial charge on any atom is 0.109 e. The second kappa shape index (κ2) is 4.66. The average molecular weight is 217 g/mol. The number of likely N-dealkylation sites (N-methyl/N-ethyl adjacent to an activating group) is 1. The van der Waals surface area contributed by atoms with Gasteiger partial charge >= 0.3 is 0 Å². The second-order valence-corrected chi connectivity index (χ2v) is 4.17. The number of aromatic nitrogens is 2. The van der Waals surface area contributed by atoms with Crippen LogP contribution < -0.4 is 5.32 Å². The first-order chi connectivity index (χ1) is 7.76. The zero-order valence-corrected chi connectivity index (χ0v) is 10.2. The van der Waals surface area contributed by atoms with Gasteiger partial charge in [0.05, 0.1) is 11.0 Å². The number of benzene rings is 1. The van der Waals surface area contributed by atoms with Crippen molar-refractivity contribution in [2.24, 2.45) is 0 Å². The van der Waals surface area contributed by atoms with Crippen LogP contribution >= 0.6 is 0 Å². The molecule has 0 amide bonds. The molecule has 1 aromatic carbocycles. The lowest BCUT2D eigenvalue weighted by atomic mass is 10.3. The molecule has 3 heteroatoms. The highest BCUT2D eigenvalue weighted by Crippen LogP contribution is 2.16. The van der Waals surface area contributed by atoms with Crippen molar-refractivity contribution in [1.29, 1.82) is 0 Å². The molecule has 2 aromatic rings. The highest BCUT2D eigenvalue weighted by molar-refractivity contribution is 5.75. The molecule has 0 aliphatic heterocycles. The first kappa shape index (κ1) is 11.1. The van der Waals surface area contributed by atoms with E-state index in [0.717, 1.165) is 18.5 Å². The number of imidazole rings is 1. The van der Waals surface area contributed by atoms with Crippen LogP contribution in [-0.2, 0) is 13.0 Å². The fourth-order valence-corrected chi connectivity index (χ4v) is 1.96. The molecule has 0 radical (unpaired) electrons. The molecule has 1 unspecified atom stereocenters. The van der Waals surface area contributed by atoms with E-state index in [1.165, 1.54) is 11.3 Å². The monoisotopic (exact) mass is 217 g/mol. The molecule has 1 heterocycles. The summed E-state index contributed by atoms with van der Waals surface area (Å²) in [6.07, 6.45) is 0.977. The maximum atomic E-state index is 4.65. The van der Waals surface area contributed by atoms with E-state index in [2.05, 4.69) is 46.9 Å². The first-order valence-electron chi connectivity index (χ1n) is 5.87. The molecular formula is C13H19N3. The van der Waals surface area contributed by atoms with Gasteiger partial charge in [-0.2, -0.15) is 0 Å². The van der Waals surface area contributed by atoms with Gasteiger partial charge in [-0.1, -0.05) is 19.1 Å². The Balaban J connectivity index is 2.47. The Bertz CT molecular complexity index is 473. The van der Waals surface area contributed by atoms with Gasteiger partial charge < -0.3 is 9.88 Å². The van der Waals surface area contributed by atoms with E-state index >= 15 is 0 Å². The predicted molar refractivity (Wildman–Crippen MR) is 67.6 cm³/mol. The Kier molecular flexibility index (Phi) is 3.25. The lowest BCUT2D eigenvalue weighted by Crippen LogP contribution is -2.27. The molecule has 2 rings (SSSR count). The Morgan fingerprint density at radius 3 is 2.81 bits per heavy atom. The van der Waals surface area contributed by atoms with Crippen molar-refractivity contribution in [3.8, 4) is 0 Å². The average Bonchev–Trinajstić information content (AvgIpc) is 2.67. The molecule has 1 aromatic heterocycles. The summed E-state index contributed by atoms with van der Waals surface area (Å²) >= 11 is 0. The molecule has 0 aliphatic carbocycles. The molecule has 86 valence electrons. The number of hydrogen-bond donors (Lipinski definition) is 1. The van der Waals surface area contributed by atoms with Crippen molar-refractivity contribution >= 4 is 11.0 Å². The molecule has 0 aliphatic rings. The zero-order chi connectivity index (χ0) is 11.5. The number of rotatable bonds is 4. The van der Waals surface area contributed by atoms with E-state index in [0.29, 0.717) is 6.04 Å². The smallest absolute Gasteiger partial charge is 0.109 e. The van der Waals surface area contributed by atoms with Gasteiger partial charge in [0.1, 0.15) is 5.82 Å². The van der Waals surface area contributed by atoms with Crippen molar-refractivity contribution in [3.05, 3.63) is 30.1 Å². The van der Waals surface area contributed by atoms with Crippen LogP contribution in [0.1, 0.15) is 19.7 Å². The van der Waals surface area contributed by atoms with E-state index in [9.17, 15) is 0 Å². The van der Waals surface area contributed by atoms with Crippen LogP contribution in [0.25, 0.3) is 11.0 Å². The summed E-state index contributed by atoms with van der Waals surface area (Å²) in [5.74, 6) is 1.17. The summed E-state index contributed by atoms with van der Waals surface area (Å²) in [4.78, 5) is 4.65. The number of para-hydroxylation sites is 2. The number of nitrogens with one attached hydrogen (secondary N) is 1. The molecule has 0 fully saturated rings. The summed E-state index contributed by atoms with van der Waals surface area (Å²) in [7, 11) is 2.00. The molecule has 0 saturated heterocycles. The molecule has 1 atom stereocenters. The van der Waals surface area contributed by atoms with Crippen molar-refractivity contribution in [2.45, 2.75) is 32.9 Å². The number of hydrogen-bond acceptors (Lipinski definition) is 2. The molecule has 0 bridgehead atoms. The van der Waals surface area contributed by atoms with Crippen molar-refractivity contribution in [3.63, 3.8) is 0 Å². The minimum atomic E-state index is 0.461. The predicted octanol–water partition coefficient (Wildman–Crippen LogP) is 2.21. The van der Waals surface area contributed by atoms with Gasteiger partial charge in [0.25, 0.3) is 0 Å². The minimum Gasteiger partial charge on any atom is -0.326 e. The Morgan fingerprint density at radius 2 is 2.12 bits per heavy atom. The van der Waals surface area contributed by atoms with Gasteiger partial charge in [-0.25, -0.2) is 4.98 Å². The third kappa shape index (κ3) is 1.95. The highest BCUT2D eigenvalue weighted by atomic mass is 15.1. The van der Waals surface area contributed by atoms with Crippen LogP contribution in [0.2, 0.25) is 0 Å². The van der Waals surface area contributed by atoms with E-state index in [1.54, 1.807) is 0 Å². The van der Waals surface area contributed by atoms with Crippen molar-refractivity contribution < 1.29 is 0 Å². The van der Waals surface area contributed by atoms with Crippen LogP contribution in [0.3, 0.4) is 0 Å². The van der Waals surface area contributed by atoms with Crippen LogP contribution in [0, 0.1) is 0 Å². The summed E-state index contributed by atoms with van der Waals surface area (Å²) in [6, 6.07) is 8.80. The lowest BCUT2D eigenvalue weighted by molar-refractivity contribution is 0.511. The van der Waals surface area contributed by atoms with Crippen LogP contribution in [-0.4, -0.2) is 22.6 Å². The van der Waals surface area contributed by atoms with Crippen LogP contribution in [0.15, 0.2) is 24.3 Å². The summed E-state index contributed by atoms with van der Waals surface area (Å²) in [6.45, 7) is 5.32. The Labute approximate surface area is 96.5 Å². The standard InChI is InChI=1S/C13H19N3/c1-4-13-15-11-7-5-6-8-12(11)16(13)9-10(2)14-3/h5-8,10,14H,4,9H2,1-3H3. The Hall–Kier alpha value is -1.35. The largest absolute Gasteiger partial charge is 0.326 e. The van der Waals surface area contributed by atoms with E-state index in [1.807, 2.05) is 13.1 Å². The minimum absolute atomic E-state index is 0.461. The summed E-state index contributed by atoms with van der Waals surface area (Å²) < 4.78 is 2.32. The van der Waals surface area contributed by atoms with E-state index in [4.69, 9.17) is 0 Å². The van der Waals surface area contributed by atoms with E-state index < -0.39 is 0 Å². The number of nitrogens with zero attached hydrogens (tertiary/aromatic N) is 2. The van der Waals surface area contributed by atoms with Crippen molar-refractivity contribution in [1.82, 2.24) is 14.9 Å². The Morgan fingerprint density at radius 1 is 1.38 bits per heavy atom. The van der Waals surface area contributed by atoms with Gasteiger partial charge in [-0.05, 0) is 26.1 Å². The number of aryl methyl sites for hydroxylation is 1. The van der Waals surface area contributed by atoms with Crippen LogP contribution in [0.4, 0.5) is 0 Å². The normalized spacial score (nSPS) is 13.2. The van der Waals surface area contributed by atoms with E-state index in [-0.39, 0.29) is 0 Å². The highest BCUT2D eigenvalue weighted by Gasteiger charge is 2.10. The number of fused-ring (bicyclic) bond motifs is 1. The van der Waals surface area contributed by atoms with Crippen LogP contribution in [0.5, 0.6) is 0 Å². The third-order valence-corrected chi connectivity index (χ3v) is 3.00. The second-order valence-electron chi connectivity index (χ2n) is 4.17. The summed E-state index contributed by atoms with van der Waals surface area (Å²) in [5.41, 5.74) is 2.34. The molecule has 0 saturated carbocycles. The topological polar surface area (TPSA) is 29.9 Å². The quantitative estimate of drug-likeness (QED) is 0.851. The van der Waals surface area contributed by atoms with Gasteiger partial charge in [0.2, 0.25) is 0 Å². The molecule has 1 N–H and O–H groups in total. The van der Waals surface area contributed by atoms with Gasteiger partial charge in [-0.15, -0.1) is 0 Å². The fraction of sp³-hybridized carbons (Fsp3) is 0.462. The third-order valence-electron chi connectivity index (χ3n) is 3.00. The SMILES string of the molecule is CCc1nc2ccccc2n1CC(C)NC. The first-order valence-corrected chi connectivity index (χ1v) is 5.87. The molecular weight excluding hydrogens is 198 g/mol. The molecule has 16 heavy (non-hydrogen) atoms. The zero-order valence-electron chi connectivity index (χ0n) is 10.2. The van der Waals surface area contributed by atoms with Gasteiger partial charge in [0, 0.05) is 19.0 Å². The molecule has 0 spiro atoms. The summed E-state index contributed by atoms with van der Waals surface area (Å²) in [5, 5.41) is 3.27. The fourth-order valence-electron chi connectivity index (χ4n) is 1.96. The van der Waals surface area contributed by atoms with Gasteiger partial charge in [-0.3, -0.25) is 0 Å². The lowest BCUT2D eigenvalue weighted by Gasteiger charge is -2.14.